The molecule has 1 fully saturated rings. The number of nitrogens with two attached hydrogens (primary N) is 1. The predicted octanol–water partition coefficient (Wildman–Crippen LogP) is 6.04. The van der Waals surface area contributed by atoms with Gasteiger partial charge in [-0.25, -0.2) is 4.99 Å². The van der Waals surface area contributed by atoms with Crippen molar-refractivity contribution in [2.75, 3.05) is 26.2 Å². The topological polar surface area (TPSA) is 72.1 Å². The molecule has 0 radical (unpaired) electrons. The van der Waals surface area contributed by atoms with Crippen LogP contribution in [-0.2, 0) is 13.0 Å². The van der Waals surface area contributed by atoms with E-state index < -0.39 is 6.36 Å². The number of guanidine groups is 1. The second kappa shape index (κ2) is 13.9. The minimum Gasteiger partial charge on any atom is -0.489 e. The number of benzene rings is 3. The van der Waals surface area contributed by atoms with Crippen LogP contribution in [0.5, 0.6) is 11.5 Å². The summed E-state index contributed by atoms with van der Waals surface area (Å²) < 4.78 is 47.2. The standard InChI is InChI=1S/C30H35F3N4O2/c31-30(32,33)39-28-9-4-8-25(21-28)22-38-27-12-10-26(11-13-27)36-29(35-17-5-16-34)37-18-14-24(15-19-37)20-23-6-2-1-3-7-23/h1-4,6-13,21,24H,5,14-20,22,34H2,(H,35,36). The highest BCUT2D eigenvalue weighted by atomic mass is 19.4. The molecule has 6 nitrogen and oxygen atoms in total. The maximum atomic E-state index is 12.5. The zero-order chi connectivity index (χ0) is 27.5. The predicted molar refractivity (Wildman–Crippen MR) is 147 cm³/mol. The van der Waals surface area contributed by atoms with Gasteiger partial charge in [0.1, 0.15) is 18.1 Å². The van der Waals surface area contributed by atoms with Gasteiger partial charge in [0.2, 0.25) is 0 Å². The lowest BCUT2D eigenvalue weighted by atomic mass is 9.90. The highest BCUT2D eigenvalue weighted by Gasteiger charge is 2.31. The van der Waals surface area contributed by atoms with Crippen molar-refractivity contribution in [1.82, 2.24) is 10.2 Å². The van der Waals surface area contributed by atoms with Gasteiger partial charge in [-0.15, -0.1) is 13.2 Å². The lowest BCUT2D eigenvalue weighted by Gasteiger charge is -2.34. The fourth-order valence-corrected chi connectivity index (χ4v) is 4.56. The van der Waals surface area contributed by atoms with Crippen LogP contribution < -0.4 is 20.5 Å². The second-order valence-electron chi connectivity index (χ2n) is 9.60. The van der Waals surface area contributed by atoms with E-state index in [-0.39, 0.29) is 12.4 Å². The number of hydrogen-bond donors (Lipinski definition) is 2. The number of piperidine rings is 1. The fourth-order valence-electron chi connectivity index (χ4n) is 4.56. The van der Waals surface area contributed by atoms with Crippen molar-refractivity contribution >= 4 is 11.6 Å². The summed E-state index contributed by atoms with van der Waals surface area (Å²) in [6.45, 7) is 3.34. The van der Waals surface area contributed by atoms with Gasteiger partial charge in [0, 0.05) is 19.6 Å². The van der Waals surface area contributed by atoms with E-state index in [0.717, 1.165) is 57.0 Å². The summed E-state index contributed by atoms with van der Waals surface area (Å²) in [5, 5.41) is 3.46. The van der Waals surface area contributed by atoms with E-state index in [0.29, 0.717) is 23.8 Å². The van der Waals surface area contributed by atoms with Crippen molar-refractivity contribution in [3.05, 3.63) is 90.0 Å². The zero-order valence-corrected chi connectivity index (χ0v) is 21.9. The Morgan fingerprint density at radius 1 is 0.923 bits per heavy atom. The third kappa shape index (κ3) is 9.51. The summed E-state index contributed by atoms with van der Waals surface area (Å²) in [4.78, 5) is 7.18. The van der Waals surface area contributed by atoms with Gasteiger partial charge in [-0.2, -0.15) is 0 Å². The lowest BCUT2D eigenvalue weighted by Crippen LogP contribution is -2.46. The summed E-state index contributed by atoms with van der Waals surface area (Å²) >= 11 is 0. The van der Waals surface area contributed by atoms with Gasteiger partial charge < -0.3 is 25.4 Å². The van der Waals surface area contributed by atoms with Crippen molar-refractivity contribution < 1.29 is 22.6 Å². The number of halogens is 3. The van der Waals surface area contributed by atoms with E-state index in [1.807, 2.05) is 12.1 Å². The van der Waals surface area contributed by atoms with Crippen LogP contribution in [0.1, 0.15) is 30.4 Å². The van der Waals surface area contributed by atoms with Crippen molar-refractivity contribution in [3.63, 3.8) is 0 Å². The van der Waals surface area contributed by atoms with Gasteiger partial charge in [0.25, 0.3) is 0 Å². The Morgan fingerprint density at radius 2 is 1.64 bits per heavy atom. The number of nitrogens with one attached hydrogen (secondary N) is 1. The van der Waals surface area contributed by atoms with Crippen molar-refractivity contribution in [2.24, 2.45) is 16.6 Å². The van der Waals surface area contributed by atoms with Crippen LogP contribution in [0.15, 0.2) is 83.9 Å². The summed E-state index contributed by atoms with van der Waals surface area (Å²) in [6, 6.07) is 23.7. The molecule has 3 aromatic carbocycles. The molecule has 0 atom stereocenters. The molecule has 0 aliphatic carbocycles. The molecule has 0 saturated carbocycles. The molecule has 0 spiro atoms. The van der Waals surface area contributed by atoms with E-state index in [9.17, 15) is 13.2 Å². The number of likely N-dealkylation sites (tertiary alicyclic amines) is 1. The van der Waals surface area contributed by atoms with E-state index in [4.69, 9.17) is 15.5 Å². The summed E-state index contributed by atoms with van der Waals surface area (Å²) in [5.74, 6) is 1.82. The minimum absolute atomic E-state index is 0.113. The summed E-state index contributed by atoms with van der Waals surface area (Å²) in [5.41, 5.74) is 8.43. The van der Waals surface area contributed by atoms with Gasteiger partial charge in [0.05, 0.1) is 5.69 Å². The number of ether oxygens (including phenoxy) is 2. The summed E-state index contributed by atoms with van der Waals surface area (Å²) in [6.07, 6.45) is -0.566. The molecule has 0 bridgehead atoms. The first-order valence-electron chi connectivity index (χ1n) is 13.3. The molecule has 3 N–H and O–H groups in total. The first-order valence-corrected chi connectivity index (χ1v) is 13.3. The maximum absolute atomic E-state index is 12.5. The minimum atomic E-state index is -4.73. The molecule has 1 saturated heterocycles. The smallest absolute Gasteiger partial charge is 0.489 e. The molecule has 9 heteroatoms. The van der Waals surface area contributed by atoms with Gasteiger partial charge in [-0.1, -0.05) is 42.5 Å². The molecule has 3 aromatic rings. The maximum Gasteiger partial charge on any atom is 0.573 e. The highest BCUT2D eigenvalue weighted by Crippen LogP contribution is 2.26. The van der Waals surface area contributed by atoms with Crippen LogP contribution >= 0.6 is 0 Å². The number of hydrogen-bond acceptors (Lipinski definition) is 4. The molecular weight excluding hydrogens is 505 g/mol. The third-order valence-electron chi connectivity index (χ3n) is 6.55. The molecule has 0 amide bonds. The molecule has 4 rings (SSSR count). The van der Waals surface area contributed by atoms with Gasteiger partial charge >= 0.3 is 6.36 Å². The van der Waals surface area contributed by atoms with Crippen molar-refractivity contribution in [3.8, 4) is 11.5 Å². The number of aliphatic imine (C=N–C) groups is 1. The van der Waals surface area contributed by atoms with E-state index in [2.05, 4.69) is 45.3 Å². The van der Waals surface area contributed by atoms with Crippen LogP contribution in [0.4, 0.5) is 18.9 Å². The van der Waals surface area contributed by atoms with Crippen LogP contribution in [0.2, 0.25) is 0 Å². The molecule has 1 aliphatic rings. The molecular formula is C30H35F3N4O2. The number of alkyl halides is 3. The SMILES string of the molecule is NCCCN/C(=N\c1ccc(OCc2cccc(OC(F)(F)F)c2)cc1)N1CCC(Cc2ccccc2)CC1. The van der Waals surface area contributed by atoms with Crippen LogP contribution in [0.25, 0.3) is 0 Å². The lowest BCUT2D eigenvalue weighted by molar-refractivity contribution is -0.274. The van der Waals surface area contributed by atoms with E-state index >= 15 is 0 Å². The average molecular weight is 541 g/mol. The molecule has 0 unspecified atom stereocenters. The Hall–Kier alpha value is -3.72. The first-order chi connectivity index (χ1) is 18.9. The Kier molecular flexibility index (Phi) is 10.1. The second-order valence-corrected chi connectivity index (χ2v) is 9.60. The zero-order valence-electron chi connectivity index (χ0n) is 21.9. The normalized spacial score (nSPS) is 14.8. The van der Waals surface area contributed by atoms with Gasteiger partial charge in [-0.05, 0) is 85.7 Å². The summed E-state index contributed by atoms with van der Waals surface area (Å²) in [7, 11) is 0. The van der Waals surface area contributed by atoms with Gasteiger partial charge in [-0.3, -0.25) is 0 Å². The van der Waals surface area contributed by atoms with Crippen LogP contribution in [-0.4, -0.2) is 43.4 Å². The van der Waals surface area contributed by atoms with E-state index in [1.165, 1.54) is 23.8 Å². The molecule has 0 aromatic heterocycles. The van der Waals surface area contributed by atoms with Gasteiger partial charge in [0.15, 0.2) is 5.96 Å². The Morgan fingerprint density at radius 3 is 2.33 bits per heavy atom. The quantitative estimate of drug-likeness (QED) is 0.186. The monoisotopic (exact) mass is 540 g/mol. The number of nitrogens with zero attached hydrogens (tertiary/aromatic N) is 2. The number of rotatable bonds is 10. The average Bonchev–Trinajstić information content (AvgIpc) is 2.92. The highest BCUT2D eigenvalue weighted by molar-refractivity contribution is 5.83. The molecule has 1 heterocycles. The Balaban J connectivity index is 1.34. The fraction of sp³-hybridized carbons (Fsp3) is 0.367. The third-order valence-corrected chi connectivity index (χ3v) is 6.55. The molecule has 1 aliphatic heterocycles. The first kappa shape index (κ1) is 28.3. The van der Waals surface area contributed by atoms with Crippen molar-refractivity contribution in [2.45, 2.75) is 38.7 Å². The largest absolute Gasteiger partial charge is 0.573 e. The molecule has 208 valence electrons. The van der Waals surface area contributed by atoms with E-state index in [1.54, 1.807) is 18.2 Å². The Bertz CT molecular complexity index is 1180. The van der Waals surface area contributed by atoms with Crippen molar-refractivity contribution in [1.29, 1.82) is 0 Å². The van der Waals surface area contributed by atoms with Crippen LogP contribution in [0, 0.1) is 5.92 Å². The van der Waals surface area contributed by atoms with Crippen LogP contribution in [0.3, 0.4) is 0 Å². The Labute approximate surface area is 227 Å². The molecule has 39 heavy (non-hydrogen) atoms.